The van der Waals surface area contributed by atoms with Crippen molar-refractivity contribution in [3.8, 4) is 0 Å². The number of aryl methyl sites for hydroxylation is 2. The summed E-state index contributed by atoms with van der Waals surface area (Å²) in [5.41, 5.74) is 11.0. The van der Waals surface area contributed by atoms with Crippen LogP contribution in [0.3, 0.4) is 0 Å². The van der Waals surface area contributed by atoms with E-state index in [4.69, 9.17) is 5.73 Å². The van der Waals surface area contributed by atoms with Gasteiger partial charge in [0.1, 0.15) is 11.0 Å². The van der Waals surface area contributed by atoms with E-state index in [0.717, 1.165) is 27.8 Å². The number of rotatable bonds is 1. The molecule has 0 aliphatic heterocycles. The minimum Gasteiger partial charge on any atom is -0.693 e. The molecule has 2 N–H and O–H groups in total. The molecule has 3 radical (unpaired) electrons. The fourth-order valence-electron chi connectivity index (χ4n) is 1.44. The van der Waals surface area contributed by atoms with Crippen molar-refractivity contribution in [1.29, 1.82) is 0 Å². The molecular formula is C8H8N4SSi-. The summed E-state index contributed by atoms with van der Waals surface area (Å²) in [5.74, 6) is 0. The van der Waals surface area contributed by atoms with Crippen molar-refractivity contribution in [2.45, 2.75) is 13.8 Å². The Hall–Kier alpha value is -1.14. The van der Waals surface area contributed by atoms with E-state index < -0.39 is 0 Å². The number of hydrogen-bond acceptors (Lipinski definition) is 4. The highest BCUT2D eigenvalue weighted by Gasteiger charge is 2.10. The average Bonchev–Trinajstić information content (AvgIpc) is 2.64. The third-order valence-corrected chi connectivity index (χ3v) is 3.08. The number of benzene rings is 1. The van der Waals surface area contributed by atoms with Crippen LogP contribution in [-0.2, 0) is 0 Å². The first-order chi connectivity index (χ1) is 6.66. The average molecular weight is 220 g/mol. The Morgan fingerprint density at radius 1 is 1.21 bits per heavy atom. The van der Waals surface area contributed by atoms with Gasteiger partial charge in [0.25, 0.3) is 0 Å². The zero-order valence-corrected chi connectivity index (χ0v) is 9.64. The maximum atomic E-state index is 5.93. The summed E-state index contributed by atoms with van der Waals surface area (Å²) in [6.07, 6.45) is 0. The van der Waals surface area contributed by atoms with Crippen LogP contribution < -0.4 is 5.73 Å². The first-order valence-electron chi connectivity index (χ1n) is 4.05. The van der Waals surface area contributed by atoms with Gasteiger partial charge in [0, 0.05) is 5.69 Å². The van der Waals surface area contributed by atoms with Crippen LogP contribution in [0.1, 0.15) is 11.1 Å². The molecule has 1 heterocycles. The fourth-order valence-corrected chi connectivity index (χ4v) is 2.38. The molecule has 0 spiro atoms. The molecule has 1 aromatic heterocycles. The topological polar surface area (TPSA) is 65.9 Å². The van der Waals surface area contributed by atoms with Gasteiger partial charge in [0.05, 0.1) is 11.7 Å². The summed E-state index contributed by atoms with van der Waals surface area (Å²) in [7, 11) is 3.12. The minimum atomic E-state index is 0.665. The van der Waals surface area contributed by atoms with Crippen LogP contribution in [0.2, 0.25) is 0 Å². The van der Waals surface area contributed by atoms with Crippen molar-refractivity contribution in [3.63, 3.8) is 0 Å². The number of aromatic nitrogens is 2. The summed E-state index contributed by atoms with van der Waals surface area (Å²) in [5, 5.41) is 0. The predicted octanol–water partition coefficient (Wildman–Crippen LogP) is 1.98. The zero-order valence-electron chi connectivity index (χ0n) is 7.83. The van der Waals surface area contributed by atoms with E-state index in [2.05, 4.69) is 24.1 Å². The first-order valence-corrected chi connectivity index (χ1v) is 5.23. The molecule has 0 fully saturated rings. The van der Waals surface area contributed by atoms with Crippen LogP contribution in [0, 0.1) is 13.8 Å². The Kier molecular flexibility index (Phi) is 2.16. The van der Waals surface area contributed by atoms with Gasteiger partial charge in [-0.25, -0.2) is 0 Å². The van der Waals surface area contributed by atoms with Crippen molar-refractivity contribution in [2.24, 2.45) is 0 Å². The summed E-state index contributed by atoms with van der Waals surface area (Å²) in [6.45, 7) is 3.87. The third kappa shape index (κ3) is 1.11. The largest absolute Gasteiger partial charge is 0.693 e. The normalized spacial score (nSPS) is 10.8. The molecule has 14 heavy (non-hydrogen) atoms. The van der Waals surface area contributed by atoms with Crippen molar-refractivity contribution in [1.82, 2.24) is 8.75 Å². The molecule has 0 unspecified atom stereocenters. The van der Waals surface area contributed by atoms with Crippen LogP contribution in [0.15, 0.2) is 0 Å². The van der Waals surface area contributed by atoms with E-state index in [1.807, 2.05) is 13.8 Å². The highest BCUT2D eigenvalue weighted by Crippen LogP contribution is 2.37. The molecule has 2 rings (SSSR count). The monoisotopic (exact) mass is 220 g/mol. The van der Waals surface area contributed by atoms with E-state index in [0.29, 0.717) is 5.69 Å². The molecule has 0 bridgehead atoms. The van der Waals surface area contributed by atoms with Crippen LogP contribution >= 0.6 is 11.7 Å². The molecule has 0 atom stereocenters. The van der Waals surface area contributed by atoms with E-state index >= 15 is 0 Å². The second kappa shape index (κ2) is 3.21. The molecular weight excluding hydrogens is 212 g/mol. The Bertz CT molecular complexity index is 494. The second-order valence-electron chi connectivity index (χ2n) is 3.09. The lowest BCUT2D eigenvalue weighted by atomic mass is 10.1. The first kappa shape index (κ1) is 9.41. The van der Waals surface area contributed by atoms with Crippen LogP contribution in [0.4, 0.5) is 11.4 Å². The maximum Gasteiger partial charge on any atom is 0.109 e. The summed E-state index contributed by atoms with van der Waals surface area (Å²) in [4.78, 5) is 3.98. The van der Waals surface area contributed by atoms with Gasteiger partial charge in [0.2, 0.25) is 0 Å². The van der Waals surface area contributed by atoms with Gasteiger partial charge in [-0.05, 0) is 25.0 Å². The number of hydrogen-bond donors (Lipinski definition) is 1. The number of anilines is 1. The van der Waals surface area contributed by atoms with Gasteiger partial charge < -0.3 is 10.7 Å². The summed E-state index contributed by atoms with van der Waals surface area (Å²) in [6, 6.07) is 0. The van der Waals surface area contributed by atoms with E-state index in [1.54, 1.807) is 0 Å². The van der Waals surface area contributed by atoms with Crippen molar-refractivity contribution < 1.29 is 0 Å². The molecule has 4 nitrogen and oxygen atoms in total. The van der Waals surface area contributed by atoms with Crippen molar-refractivity contribution in [3.05, 3.63) is 16.1 Å². The highest BCUT2D eigenvalue weighted by atomic mass is 32.1. The van der Waals surface area contributed by atoms with Crippen LogP contribution in [-0.4, -0.2) is 19.2 Å². The van der Waals surface area contributed by atoms with E-state index in [-0.39, 0.29) is 0 Å². The SMILES string of the molecule is Cc1c(N)c([N-][Si])c(C)c2nsnc12. The Morgan fingerprint density at radius 2 is 1.79 bits per heavy atom. The number of nitrogens with two attached hydrogens (primary N) is 1. The zero-order chi connectivity index (χ0) is 10.3. The smallest absolute Gasteiger partial charge is 0.109 e. The molecule has 71 valence electrons. The standard InChI is InChI=1S/C8H8N4SSi/c1-3-5(9)6(12-14)4(2)8-7(3)10-13-11-8/h9H2,1-2H3/q-1. The Balaban J connectivity index is 2.94. The molecule has 0 aliphatic rings. The van der Waals surface area contributed by atoms with Gasteiger partial charge in [-0.1, -0.05) is 0 Å². The molecule has 0 saturated carbocycles. The van der Waals surface area contributed by atoms with Gasteiger partial charge in [-0.2, -0.15) is 8.75 Å². The van der Waals surface area contributed by atoms with Crippen LogP contribution in [0.25, 0.3) is 16.0 Å². The predicted molar refractivity (Wildman–Crippen MR) is 60.1 cm³/mol. The van der Waals surface area contributed by atoms with Gasteiger partial charge in [-0.3, -0.25) is 0 Å². The quantitative estimate of drug-likeness (QED) is 0.590. The van der Waals surface area contributed by atoms with Crippen molar-refractivity contribution in [2.75, 3.05) is 5.73 Å². The summed E-state index contributed by atoms with van der Waals surface area (Å²) < 4.78 is 8.43. The lowest BCUT2D eigenvalue weighted by Gasteiger charge is -2.22. The Labute approximate surface area is 89.3 Å². The third-order valence-electron chi connectivity index (χ3n) is 2.33. The molecule has 1 aromatic carbocycles. The van der Waals surface area contributed by atoms with E-state index in [1.165, 1.54) is 11.7 Å². The van der Waals surface area contributed by atoms with Gasteiger partial charge >= 0.3 is 0 Å². The van der Waals surface area contributed by atoms with Gasteiger partial charge in [-0.15, -0.1) is 16.1 Å². The molecule has 6 heteroatoms. The molecule has 0 amide bonds. The lowest BCUT2D eigenvalue weighted by molar-refractivity contribution is 1.43. The highest BCUT2D eigenvalue weighted by molar-refractivity contribution is 7.00. The van der Waals surface area contributed by atoms with Crippen molar-refractivity contribution >= 4 is 44.5 Å². The second-order valence-corrected chi connectivity index (χ2v) is 3.84. The molecule has 2 aromatic rings. The minimum absolute atomic E-state index is 0.665. The van der Waals surface area contributed by atoms with E-state index in [9.17, 15) is 0 Å². The lowest BCUT2D eigenvalue weighted by Crippen LogP contribution is -1.95. The maximum absolute atomic E-state index is 5.93. The number of nitrogen functional groups attached to an aromatic ring is 1. The summed E-state index contributed by atoms with van der Waals surface area (Å²) >= 11 is 1.20. The number of nitrogens with zero attached hydrogens (tertiary/aromatic N) is 3. The fraction of sp³-hybridized carbons (Fsp3) is 0.250. The van der Waals surface area contributed by atoms with Crippen LogP contribution in [0.5, 0.6) is 0 Å². The molecule has 0 saturated heterocycles. The Morgan fingerprint density at radius 3 is 2.36 bits per heavy atom. The van der Waals surface area contributed by atoms with Gasteiger partial charge in [0.15, 0.2) is 0 Å². The molecule has 0 aliphatic carbocycles. The number of fused-ring (bicyclic) bond motifs is 1.